The summed E-state index contributed by atoms with van der Waals surface area (Å²) in [6.45, 7) is 7.63. The smallest absolute Gasteiger partial charge is 0.243 e. The molecule has 1 aliphatic heterocycles. The molecule has 0 spiro atoms. The van der Waals surface area contributed by atoms with E-state index in [2.05, 4.69) is 29.0 Å². The van der Waals surface area contributed by atoms with Gasteiger partial charge in [-0.15, -0.1) is 0 Å². The van der Waals surface area contributed by atoms with E-state index in [1.54, 1.807) is 4.90 Å². The van der Waals surface area contributed by atoms with Gasteiger partial charge in [-0.3, -0.25) is 9.59 Å². The van der Waals surface area contributed by atoms with Crippen molar-refractivity contribution in [1.82, 2.24) is 14.4 Å². The molecular weight excluding hydrogens is 362 g/mol. The van der Waals surface area contributed by atoms with Crippen LogP contribution in [0, 0.1) is 5.92 Å². The highest BCUT2D eigenvalue weighted by molar-refractivity contribution is 5.87. The summed E-state index contributed by atoms with van der Waals surface area (Å²) in [5.74, 6) is 0.244. The van der Waals surface area contributed by atoms with Gasteiger partial charge in [0.2, 0.25) is 11.8 Å². The van der Waals surface area contributed by atoms with Gasteiger partial charge in [-0.2, -0.15) is 0 Å². The maximum Gasteiger partial charge on any atom is 0.243 e. The zero-order valence-corrected chi connectivity index (χ0v) is 17.7. The van der Waals surface area contributed by atoms with Crippen LogP contribution in [0.1, 0.15) is 57.3 Å². The molecule has 2 aromatic rings. The number of carbonyl (C=O) groups is 2. The summed E-state index contributed by atoms with van der Waals surface area (Å²) in [5.41, 5.74) is 1.86. The molecule has 29 heavy (non-hydrogen) atoms. The Balaban J connectivity index is 1.61. The van der Waals surface area contributed by atoms with Gasteiger partial charge in [-0.05, 0) is 51.3 Å². The molecule has 1 fully saturated rings. The van der Waals surface area contributed by atoms with E-state index in [-0.39, 0.29) is 35.9 Å². The van der Waals surface area contributed by atoms with Crippen molar-refractivity contribution in [3.05, 3.63) is 59.9 Å². The molecule has 0 N–H and O–H groups in total. The molecule has 0 saturated heterocycles. The molecule has 5 heteroatoms. The molecule has 2 amide bonds. The van der Waals surface area contributed by atoms with E-state index in [9.17, 15) is 9.59 Å². The Morgan fingerprint density at radius 1 is 1.03 bits per heavy atom. The normalized spacial score (nSPS) is 19.4. The molecule has 0 radical (unpaired) electrons. The molecule has 1 unspecified atom stereocenters. The average Bonchev–Trinajstić information content (AvgIpc) is 3.12. The number of hydrogen-bond donors (Lipinski definition) is 0. The largest absolute Gasteiger partial charge is 0.348 e. The summed E-state index contributed by atoms with van der Waals surface area (Å²) in [6.07, 6.45) is 5.09. The van der Waals surface area contributed by atoms with Crippen LogP contribution >= 0.6 is 0 Å². The van der Waals surface area contributed by atoms with Crippen molar-refractivity contribution in [3.63, 3.8) is 0 Å². The molecule has 1 atom stereocenters. The van der Waals surface area contributed by atoms with Gasteiger partial charge in [0, 0.05) is 36.4 Å². The maximum atomic E-state index is 13.5. The van der Waals surface area contributed by atoms with E-state index in [1.807, 2.05) is 49.9 Å². The molecule has 1 aliphatic carbocycles. The van der Waals surface area contributed by atoms with Crippen LogP contribution in [0.15, 0.2) is 48.7 Å². The first-order valence-corrected chi connectivity index (χ1v) is 10.7. The number of carbonyl (C=O) groups excluding carboxylic acids is 2. The molecule has 1 saturated carbocycles. The van der Waals surface area contributed by atoms with Crippen molar-refractivity contribution < 1.29 is 9.59 Å². The van der Waals surface area contributed by atoms with Crippen LogP contribution in [-0.4, -0.2) is 44.8 Å². The molecule has 1 aromatic carbocycles. The Morgan fingerprint density at radius 2 is 1.76 bits per heavy atom. The fourth-order valence-electron chi connectivity index (χ4n) is 4.39. The van der Waals surface area contributed by atoms with E-state index < -0.39 is 0 Å². The van der Waals surface area contributed by atoms with Gasteiger partial charge in [-0.25, -0.2) is 0 Å². The highest BCUT2D eigenvalue weighted by atomic mass is 16.2. The topological polar surface area (TPSA) is 45.6 Å². The van der Waals surface area contributed by atoms with Gasteiger partial charge < -0.3 is 14.4 Å². The third-order valence-electron chi connectivity index (χ3n) is 6.30. The summed E-state index contributed by atoms with van der Waals surface area (Å²) >= 11 is 0. The standard InChI is InChI=1S/C24H31N3O2/c1-24(2,3)27(23(29)19-11-7-12-19)17-21(28)26-16-15-25-14-8-13-20(25)22(26)18-9-5-4-6-10-18/h4-6,8-10,13-14,19,22H,7,11-12,15-17H2,1-3H3. The molecule has 2 aliphatic rings. The third-order valence-corrected chi connectivity index (χ3v) is 6.30. The first kappa shape index (κ1) is 19.7. The summed E-state index contributed by atoms with van der Waals surface area (Å²) in [6, 6.07) is 14.2. The highest BCUT2D eigenvalue weighted by Gasteiger charge is 2.38. The Labute approximate surface area is 173 Å². The fourth-order valence-corrected chi connectivity index (χ4v) is 4.39. The van der Waals surface area contributed by atoms with Crippen molar-refractivity contribution >= 4 is 11.8 Å². The van der Waals surface area contributed by atoms with Crippen LogP contribution in [0.4, 0.5) is 0 Å². The minimum Gasteiger partial charge on any atom is -0.348 e. The van der Waals surface area contributed by atoms with Crippen molar-refractivity contribution in [2.75, 3.05) is 13.1 Å². The maximum absolute atomic E-state index is 13.5. The highest BCUT2D eigenvalue weighted by Crippen LogP contribution is 2.34. The number of amides is 2. The van der Waals surface area contributed by atoms with Crippen LogP contribution in [0.2, 0.25) is 0 Å². The van der Waals surface area contributed by atoms with E-state index in [4.69, 9.17) is 0 Å². The van der Waals surface area contributed by atoms with Gasteiger partial charge in [-0.1, -0.05) is 36.8 Å². The third kappa shape index (κ3) is 3.83. The molecular formula is C24H31N3O2. The van der Waals surface area contributed by atoms with Crippen molar-refractivity contribution in [1.29, 1.82) is 0 Å². The van der Waals surface area contributed by atoms with Crippen molar-refractivity contribution in [2.45, 2.75) is 58.2 Å². The lowest BCUT2D eigenvalue weighted by atomic mass is 9.83. The average molecular weight is 394 g/mol. The molecule has 1 aromatic heterocycles. The van der Waals surface area contributed by atoms with Gasteiger partial charge in [0.1, 0.15) is 6.54 Å². The molecule has 0 bridgehead atoms. The number of benzene rings is 1. The monoisotopic (exact) mass is 393 g/mol. The Bertz CT molecular complexity index is 877. The Hall–Kier alpha value is -2.56. The SMILES string of the molecule is CC(C)(C)N(CC(=O)N1CCn2cccc2C1c1ccccc1)C(=O)C1CCC1. The van der Waals surface area contributed by atoms with Gasteiger partial charge in [0.15, 0.2) is 0 Å². The Kier molecular flexibility index (Phi) is 5.24. The molecule has 154 valence electrons. The minimum absolute atomic E-state index is 0.0221. The molecule has 2 heterocycles. The molecule has 4 rings (SSSR count). The van der Waals surface area contributed by atoms with Crippen LogP contribution in [0.5, 0.6) is 0 Å². The van der Waals surface area contributed by atoms with Crippen molar-refractivity contribution in [3.8, 4) is 0 Å². The second-order valence-corrected chi connectivity index (χ2v) is 9.25. The quantitative estimate of drug-likeness (QED) is 0.792. The predicted molar refractivity (Wildman–Crippen MR) is 113 cm³/mol. The van der Waals surface area contributed by atoms with Gasteiger partial charge in [0.25, 0.3) is 0 Å². The Morgan fingerprint density at radius 3 is 2.38 bits per heavy atom. The summed E-state index contributed by atoms with van der Waals surface area (Å²) in [4.78, 5) is 30.3. The first-order chi connectivity index (χ1) is 13.9. The lowest BCUT2D eigenvalue weighted by Crippen LogP contribution is -2.55. The van der Waals surface area contributed by atoms with E-state index >= 15 is 0 Å². The van der Waals surface area contributed by atoms with Gasteiger partial charge >= 0.3 is 0 Å². The van der Waals surface area contributed by atoms with E-state index in [0.717, 1.165) is 37.1 Å². The van der Waals surface area contributed by atoms with E-state index in [0.29, 0.717) is 6.54 Å². The van der Waals surface area contributed by atoms with Gasteiger partial charge in [0.05, 0.1) is 6.04 Å². The number of nitrogens with zero attached hydrogens (tertiary/aromatic N) is 3. The zero-order valence-electron chi connectivity index (χ0n) is 17.7. The summed E-state index contributed by atoms with van der Waals surface area (Å²) < 4.78 is 2.22. The number of fused-ring (bicyclic) bond motifs is 1. The lowest BCUT2D eigenvalue weighted by molar-refractivity contribution is -0.150. The number of hydrogen-bond acceptors (Lipinski definition) is 2. The lowest BCUT2D eigenvalue weighted by Gasteiger charge is -2.43. The summed E-state index contributed by atoms with van der Waals surface area (Å²) in [7, 11) is 0. The first-order valence-electron chi connectivity index (χ1n) is 10.7. The fraction of sp³-hybridized carbons (Fsp3) is 0.500. The number of aromatic nitrogens is 1. The van der Waals surface area contributed by atoms with E-state index in [1.165, 1.54) is 0 Å². The van der Waals surface area contributed by atoms with Crippen LogP contribution < -0.4 is 0 Å². The summed E-state index contributed by atoms with van der Waals surface area (Å²) in [5, 5.41) is 0. The second kappa shape index (κ2) is 7.69. The van der Waals surface area contributed by atoms with Crippen LogP contribution in [0.3, 0.4) is 0 Å². The zero-order chi connectivity index (χ0) is 20.6. The predicted octanol–water partition coefficient (Wildman–Crippen LogP) is 3.85. The second-order valence-electron chi connectivity index (χ2n) is 9.25. The van der Waals surface area contributed by atoms with Crippen molar-refractivity contribution in [2.24, 2.45) is 5.92 Å². The minimum atomic E-state index is -0.374. The molecule has 5 nitrogen and oxygen atoms in total. The number of rotatable bonds is 4. The van der Waals surface area contributed by atoms with Crippen LogP contribution in [-0.2, 0) is 16.1 Å². The van der Waals surface area contributed by atoms with Crippen LogP contribution in [0.25, 0.3) is 0 Å².